The van der Waals surface area contributed by atoms with Gasteiger partial charge in [-0.3, -0.25) is 9.59 Å². The van der Waals surface area contributed by atoms with Gasteiger partial charge in [0.25, 0.3) is 0 Å². The van der Waals surface area contributed by atoms with Crippen LogP contribution in [0.2, 0.25) is 0 Å². The number of benzene rings is 2. The highest BCUT2D eigenvalue weighted by atomic mass is 32.2. The minimum atomic E-state index is -0.536. The number of esters is 1. The number of nitrogens with zero attached hydrogens (tertiary/aromatic N) is 1. The second kappa shape index (κ2) is 9.48. The molecule has 0 spiro atoms. The van der Waals surface area contributed by atoms with Gasteiger partial charge < -0.3 is 19.4 Å². The number of nitrogens with one attached hydrogen (secondary N) is 1. The van der Waals surface area contributed by atoms with E-state index in [0.717, 1.165) is 17.0 Å². The largest absolute Gasteiger partial charge is 0.469 e. The second-order valence-electron chi connectivity index (χ2n) is 7.65. The highest BCUT2D eigenvalue weighted by molar-refractivity contribution is 7.99. The van der Waals surface area contributed by atoms with Crippen molar-refractivity contribution in [1.82, 2.24) is 0 Å². The van der Waals surface area contributed by atoms with E-state index in [4.69, 9.17) is 9.15 Å². The summed E-state index contributed by atoms with van der Waals surface area (Å²) in [4.78, 5) is 39.0. The third-order valence-electron chi connectivity index (χ3n) is 5.43. The number of thioether (sulfide) groups is 1. The van der Waals surface area contributed by atoms with Gasteiger partial charge in [-0.25, -0.2) is 4.79 Å². The molecular formula is C24H24N2O5S. The van der Waals surface area contributed by atoms with Crippen molar-refractivity contribution in [3.8, 4) is 0 Å². The van der Waals surface area contributed by atoms with Crippen molar-refractivity contribution in [2.45, 2.75) is 30.7 Å². The standard InChI is InChI=1S/C24H24N2O5S/c1-15(27)25-19-12-24(29)31-21-13-20-22(11-18(19)21)32-14-17(10-23(28)30-2)26(20)9-8-16-6-4-3-5-7-16/h3-7,11-13,17H,8-10,14H2,1-2H3,(H,25,27). The summed E-state index contributed by atoms with van der Waals surface area (Å²) in [5.74, 6) is 0.197. The highest BCUT2D eigenvalue weighted by Crippen LogP contribution is 2.42. The van der Waals surface area contributed by atoms with Crippen LogP contribution in [0.4, 0.5) is 11.4 Å². The van der Waals surface area contributed by atoms with Crippen LogP contribution in [0.1, 0.15) is 18.9 Å². The number of carbonyl (C=O) groups is 2. The molecule has 4 rings (SSSR count). The lowest BCUT2D eigenvalue weighted by Gasteiger charge is -2.38. The lowest BCUT2D eigenvalue weighted by atomic mass is 10.1. The lowest BCUT2D eigenvalue weighted by Crippen LogP contribution is -2.42. The van der Waals surface area contributed by atoms with Crippen LogP contribution in [0, 0.1) is 0 Å². The molecule has 0 bridgehead atoms. The fraction of sp³-hybridized carbons (Fsp3) is 0.292. The SMILES string of the molecule is COC(=O)CC1CSc2cc3c(NC(C)=O)cc(=O)oc3cc2N1CCc1ccccc1. The maximum Gasteiger partial charge on any atom is 0.338 e. The summed E-state index contributed by atoms with van der Waals surface area (Å²) >= 11 is 1.64. The number of ether oxygens (including phenoxy) is 1. The Balaban J connectivity index is 1.75. The van der Waals surface area contributed by atoms with Crippen molar-refractivity contribution < 1.29 is 18.7 Å². The van der Waals surface area contributed by atoms with E-state index < -0.39 is 5.63 Å². The van der Waals surface area contributed by atoms with Crippen LogP contribution in [-0.2, 0) is 20.7 Å². The molecule has 166 valence electrons. The Kier molecular flexibility index (Phi) is 6.50. The second-order valence-corrected chi connectivity index (χ2v) is 8.71. The predicted octanol–water partition coefficient (Wildman–Crippen LogP) is 3.84. The van der Waals surface area contributed by atoms with Crippen LogP contribution in [0.15, 0.2) is 62.6 Å². The quantitative estimate of drug-likeness (QED) is 0.449. The molecule has 2 heterocycles. The average Bonchev–Trinajstić information content (AvgIpc) is 2.77. The number of amides is 1. The molecule has 0 fully saturated rings. The van der Waals surface area contributed by atoms with Crippen LogP contribution in [0.3, 0.4) is 0 Å². The molecule has 1 atom stereocenters. The fourth-order valence-electron chi connectivity index (χ4n) is 3.93. The Morgan fingerprint density at radius 1 is 1.22 bits per heavy atom. The molecule has 0 aliphatic carbocycles. The average molecular weight is 453 g/mol. The van der Waals surface area contributed by atoms with Crippen LogP contribution in [-0.4, -0.2) is 37.3 Å². The van der Waals surface area contributed by atoms with E-state index in [1.165, 1.54) is 25.7 Å². The number of hydrogen-bond donors (Lipinski definition) is 1. The Labute approximate surface area is 189 Å². The first kappa shape index (κ1) is 22.0. The smallest absolute Gasteiger partial charge is 0.338 e. The maximum absolute atomic E-state index is 12.1. The third kappa shape index (κ3) is 4.80. The molecule has 0 saturated carbocycles. The van der Waals surface area contributed by atoms with Crippen molar-refractivity contribution in [3.05, 3.63) is 64.5 Å². The molecule has 1 aromatic heterocycles. The normalized spacial score (nSPS) is 15.3. The zero-order valence-corrected chi connectivity index (χ0v) is 18.7. The zero-order chi connectivity index (χ0) is 22.7. The Morgan fingerprint density at radius 2 is 2.00 bits per heavy atom. The predicted molar refractivity (Wildman–Crippen MR) is 125 cm³/mol. The Morgan fingerprint density at radius 3 is 2.72 bits per heavy atom. The summed E-state index contributed by atoms with van der Waals surface area (Å²) in [5, 5.41) is 3.38. The van der Waals surface area contributed by atoms with Gasteiger partial charge in [0.1, 0.15) is 5.58 Å². The van der Waals surface area contributed by atoms with Gasteiger partial charge in [0, 0.05) is 47.7 Å². The van der Waals surface area contributed by atoms with Crippen molar-refractivity contribution >= 4 is 46.0 Å². The maximum atomic E-state index is 12.1. The number of rotatable bonds is 6. The molecule has 7 nitrogen and oxygen atoms in total. The van der Waals surface area contributed by atoms with Gasteiger partial charge in [-0.15, -0.1) is 11.8 Å². The molecule has 3 aromatic rings. The summed E-state index contributed by atoms with van der Waals surface area (Å²) in [6.07, 6.45) is 1.07. The number of hydrogen-bond acceptors (Lipinski definition) is 7. The van der Waals surface area contributed by atoms with Crippen LogP contribution in [0.25, 0.3) is 11.0 Å². The van der Waals surface area contributed by atoms with E-state index in [1.807, 2.05) is 30.3 Å². The van der Waals surface area contributed by atoms with Gasteiger partial charge in [-0.1, -0.05) is 30.3 Å². The molecular weight excluding hydrogens is 428 g/mol. The first-order valence-electron chi connectivity index (χ1n) is 10.3. The molecule has 1 N–H and O–H groups in total. The van der Waals surface area contributed by atoms with Gasteiger partial charge in [0.2, 0.25) is 5.91 Å². The zero-order valence-electron chi connectivity index (χ0n) is 17.9. The molecule has 8 heteroatoms. The Hall–Kier alpha value is -3.26. The summed E-state index contributed by atoms with van der Waals surface area (Å²) in [6.45, 7) is 2.09. The third-order valence-corrected chi connectivity index (χ3v) is 6.62. The van der Waals surface area contributed by atoms with Crippen molar-refractivity contribution in [2.75, 3.05) is 29.6 Å². The molecule has 0 saturated heterocycles. The number of methoxy groups -OCH3 is 1. The first-order valence-corrected chi connectivity index (χ1v) is 11.3. The number of anilines is 2. The summed E-state index contributed by atoms with van der Waals surface area (Å²) in [5.41, 5.74) is 2.39. The topological polar surface area (TPSA) is 88.8 Å². The van der Waals surface area contributed by atoms with Gasteiger partial charge in [-0.05, 0) is 18.1 Å². The summed E-state index contributed by atoms with van der Waals surface area (Å²) < 4.78 is 10.4. The molecule has 32 heavy (non-hydrogen) atoms. The minimum Gasteiger partial charge on any atom is -0.469 e. The van der Waals surface area contributed by atoms with Gasteiger partial charge in [0.15, 0.2) is 0 Å². The van der Waals surface area contributed by atoms with Crippen LogP contribution in [0.5, 0.6) is 0 Å². The molecule has 1 unspecified atom stereocenters. The molecule has 1 aliphatic rings. The minimum absolute atomic E-state index is 0.0497. The number of carbonyl (C=O) groups excluding carboxylic acids is 2. The van der Waals surface area contributed by atoms with Gasteiger partial charge in [-0.2, -0.15) is 0 Å². The highest BCUT2D eigenvalue weighted by Gasteiger charge is 2.30. The summed E-state index contributed by atoms with van der Waals surface area (Å²) in [6, 6.07) is 15.2. The molecule has 1 amide bonds. The van der Waals surface area contributed by atoms with E-state index in [-0.39, 0.29) is 24.3 Å². The van der Waals surface area contributed by atoms with E-state index >= 15 is 0 Å². The van der Waals surface area contributed by atoms with E-state index in [2.05, 4.69) is 22.3 Å². The van der Waals surface area contributed by atoms with Crippen LogP contribution < -0.4 is 15.8 Å². The van der Waals surface area contributed by atoms with E-state index in [9.17, 15) is 14.4 Å². The first-order chi connectivity index (χ1) is 15.4. The number of fused-ring (bicyclic) bond motifs is 2. The van der Waals surface area contributed by atoms with E-state index in [0.29, 0.717) is 29.0 Å². The van der Waals surface area contributed by atoms with Gasteiger partial charge in [0.05, 0.1) is 24.9 Å². The van der Waals surface area contributed by atoms with Crippen molar-refractivity contribution in [1.29, 1.82) is 0 Å². The molecule has 2 aromatic carbocycles. The lowest BCUT2D eigenvalue weighted by molar-refractivity contribution is -0.140. The molecule has 1 aliphatic heterocycles. The van der Waals surface area contributed by atoms with Crippen molar-refractivity contribution in [3.63, 3.8) is 0 Å². The van der Waals surface area contributed by atoms with Crippen molar-refractivity contribution in [2.24, 2.45) is 0 Å². The fourth-order valence-corrected chi connectivity index (χ4v) is 5.12. The summed E-state index contributed by atoms with van der Waals surface area (Å²) in [7, 11) is 1.40. The van der Waals surface area contributed by atoms with E-state index in [1.54, 1.807) is 11.8 Å². The molecule has 0 radical (unpaired) electrons. The van der Waals surface area contributed by atoms with Crippen LogP contribution >= 0.6 is 11.8 Å². The van der Waals surface area contributed by atoms with Gasteiger partial charge >= 0.3 is 11.6 Å². The Bertz CT molecular complexity index is 1210. The monoisotopic (exact) mass is 452 g/mol.